The number of nitrogens with zero attached hydrogens (tertiary/aromatic N) is 2. The molecule has 7 heteroatoms. The monoisotopic (exact) mass is 409 g/mol. The molecule has 1 N–H and O–H groups in total. The fourth-order valence-corrected chi connectivity index (χ4v) is 4.36. The number of carbonyl (C=O) groups excluding carboxylic acids is 1. The van der Waals surface area contributed by atoms with Crippen LogP contribution in [0.3, 0.4) is 0 Å². The molecule has 0 spiro atoms. The number of ether oxygens (including phenoxy) is 2. The maximum Gasteiger partial charge on any atom is 0.257 e. The van der Waals surface area contributed by atoms with Gasteiger partial charge in [-0.15, -0.1) is 11.3 Å². The number of aryl methyl sites for hydroxylation is 2. The molecule has 0 fully saturated rings. The van der Waals surface area contributed by atoms with Gasteiger partial charge in [-0.05, 0) is 61.6 Å². The zero-order valence-electron chi connectivity index (χ0n) is 16.3. The lowest BCUT2D eigenvalue weighted by Crippen LogP contribution is -2.12. The Labute approximate surface area is 173 Å². The van der Waals surface area contributed by atoms with E-state index < -0.39 is 0 Å². The Hall–Kier alpha value is -2.93. The quantitative estimate of drug-likeness (QED) is 0.600. The van der Waals surface area contributed by atoms with Gasteiger partial charge in [0.1, 0.15) is 6.61 Å². The summed E-state index contributed by atoms with van der Waals surface area (Å²) in [5, 5.41) is 3.60. The molecule has 0 bridgehead atoms. The smallest absolute Gasteiger partial charge is 0.257 e. The Morgan fingerprint density at radius 3 is 2.76 bits per heavy atom. The third kappa shape index (κ3) is 4.74. The molecule has 29 heavy (non-hydrogen) atoms. The summed E-state index contributed by atoms with van der Waals surface area (Å²) in [5.74, 6) is 0.899. The number of methoxy groups -OCH3 is 1. The summed E-state index contributed by atoms with van der Waals surface area (Å²) in [5.41, 5.74) is 2.65. The number of anilines is 1. The number of rotatable bonds is 6. The second kappa shape index (κ2) is 9.05. The molecule has 3 aromatic rings. The van der Waals surface area contributed by atoms with Crippen LogP contribution in [0.5, 0.6) is 11.5 Å². The topological polar surface area (TPSA) is 73.3 Å². The van der Waals surface area contributed by atoms with Crippen molar-refractivity contribution < 1.29 is 14.3 Å². The van der Waals surface area contributed by atoms with Crippen molar-refractivity contribution in [1.82, 2.24) is 9.97 Å². The zero-order valence-corrected chi connectivity index (χ0v) is 17.1. The summed E-state index contributed by atoms with van der Waals surface area (Å²) in [7, 11) is 1.56. The van der Waals surface area contributed by atoms with E-state index in [1.54, 1.807) is 49.0 Å². The maximum absolute atomic E-state index is 12.7. The first kappa shape index (κ1) is 19.4. The first-order chi connectivity index (χ1) is 14.2. The van der Waals surface area contributed by atoms with Crippen LogP contribution in [0.1, 0.15) is 45.8 Å². The van der Waals surface area contributed by atoms with Gasteiger partial charge in [0.25, 0.3) is 5.91 Å². The number of nitrogens with one attached hydrogen (secondary N) is 1. The van der Waals surface area contributed by atoms with E-state index in [1.807, 2.05) is 12.1 Å². The Kier molecular flexibility index (Phi) is 6.05. The van der Waals surface area contributed by atoms with Crippen molar-refractivity contribution in [1.29, 1.82) is 0 Å². The predicted molar refractivity (Wildman–Crippen MR) is 113 cm³/mol. The lowest BCUT2D eigenvalue weighted by molar-refractivity contribution is 0.102. The average Bonchev–Trinajstić information content (AvgIpc) is 3.00. The van der Waals surface area contributed by atoms with E-state index >= 15 is 0 Å². The lowest BCUT2D eigenvalue weighted by Gasteiger charge is -2.12. The lowest BCUT2D eigenvalue weighted by atomic mass is 10.2. The van der Waals surface area contributed by atoms with Crippen molar-refractivity contribution in [3.63, 3.8) is 0 Å². The fraction of sp³-hybridized carbons (Fsp3) is 0.318. The molecule has 0 radical (unpaired) electrons. The highest BCUT2D eigenvalue weighted by atomic mass is 32.1. The minimum Gasteiger partial charge on any atom is -0.493 e. The van der Waals surface area contributed by atoms with Crippen LogP contribution in [0.4, 0.5) is 5.13 Å². The molecule has 1 aliphatic rings. The molecule has 0 saturated carbocycles. The highest BCUT2D eigenvalue weighted by molar-refractivity contribution is 7.15. The van der Waals surface area contributed by atoms with Gasteiger partial charge in [-0.25, -0.2) is 4.98 Å². The van der Waals surface area contributed by atoms with Crippen LogP contribution in [0, 0.1) is 0 Å². The number of carbonyl (C=O) groups is 1. The minimum atomic E-state index is -0.201. The molecule has 1 aliphatic carbocycles. The molecule has 0 aliphatic heterocycles. The van der Waals surface area contributed by atoms with Crippen molar-refractivity contribution in [2.45, 2.75) is 38.7 Å². The first-order valence-electron chi connectivity index (χ1n) is 9.72. The number of hydrogen-bond acceptors (Lipinski definition) is 6. The Morgan fingerprint density at radius 2 is 1.93 bits per heavy atom. The van der Waals surface area contributed by atoms with Crippen molar-refractivity contribution in [2.24, 2.45) is 0 Å². The SMILES string of the molecule is COc1cc(C(=O)Nc2nc3c(s2)CCCCC3)ccc1OCc1ccncc1. The number of thiazole rings is 1. The molecule has 150 valence electrons. The highest BCUT2D eigenvalue weighted by Crippen LogP contribution is 2.31. The van der Waals surface area contributed by atoms with Crippen LogP contribution in [0.15, 0.2) is 42.7 Å². The first-order valence-corrected chi connectivity index (χ1v) is 10.5. The van der Waals surface area contributed by atoms with E-state index in [2.05, 4.69) is 15.3 Å². The normalized spacial score (nSPS) is 13.3. The number of fused-ring (bicyclic) bond motifs is 1. The van der Waals surface area contributed by atoms with Gasteiger partial charge in [0.05, 0.1) is 12.8 Å². The van der Waals surface area contributed by atoms with E-state index in [1.165, 1.54) is 24.1 Å². The maximum atomic E-state index is 12.7. The minimum absolute atomic E-state index is 0.201. The molecule has 2 aromatic heterocycles. The van der Waals surface area contributed by atoms with E-state index in [0.717, 1.165) is 24.1 Å². The third-order valence-electron chi connectivity index (χ3n) is 4.89. The van der Waals surface area contributed by atoms with E-state index in [4.69, 9.17) is 9.47 Å². The number of benzene rings is 1. The van der Waals surface area contributed by atoms with Gasteiger partial charge in [0.15, 0.2) is 16.6 Å². The predicted octanol–water partition coefficient (Wildman–Crippen LogP) is 4.65. The highest BCUT2D eigenvalue weighted by Gasteiger charge is 2.17. The van der Waals surface area contributed by atoms with Crippen LogP contribution >= 0.6 is 11.3 Å². The second-order valence-electron chi connectivity index (χ2n) is 6.91. The second-order valence-corrected chi connectivity index (χ2v) is 8.00. The van der Waals surface area contributed by atoms with E-state index in [0.29, 0.717) is 28.8 Å². The zero-order chi connectivity index (χ0) is 20.1. The van der Waals surface area contributed by atoms with Crippen LogP contribution < -0.4 is 14.8 Å². The fourth-order valence-electron chi connectivity index (χ4n) is 3.32. The van der Waals surface area contributed by atoms with Crippen LogP contribution in [0.25, 0.3) is 0 Å². The Bertz CT molecular complexity index is 965. The molecule has 4 rings (SSSR count). The van der Waals surface area contributed by atoms with Crippen molar-refractivity contribution in [2.75, 3.05) is 12.4 Å². The largest absolute Gasteiger partial charge is 0.493 e. The molecule has 1 amide bonds. The Morgan fingerprint density at radius 1 is 1.10 bits per heavy atom. The van der Waals surface area contributed by atoms with Gasteiger partial charge < -0.3 is 9.47 Å². The standard InChI is InChI=1S/C22H23N3O3S/c1-27-19-13-16(7-8-18(19)28-14-15-9-11-23-12-10-15)21(26)25-22-24-17-5-3-2-4-6-20(17)29-22/h7-13H,2-6,14H2,1H3,(H,24,25,26). The average molecular weight is 410 g/mol. The van der Waals surface area contributed by atoms with Crippen LogP contribution in [-0.2, 0) is 19.4 Å². The summed E-state index contributed by atoms with van der Waals surface area (Å²) < 4.78 is 11.3. The molecule has 6 nitrogen and oxygen atoms in total. The van der Waals surface area contributed by atoms with Gasteiger partial charge in [-0.3, -0.25) is 15.1 Å². The van der Waals surface area contributed by atoms with Crippen molar-refractivity contribution in [3.8, 4) is 11.5 Å². The summed E-state index contributed by atoms with van der Waals surface area (Å²) >= 11 is 1.59. The van der Waals surface area contributed by atoms with E-state index in [-0.39, 0.29) is 5.91 Å². The molecule has 0 atom stereocenters. The summed E-state index contributed by atoms with van der Waals surface area (Å²) in [6, 6.07) is 8.97. The molecular weight excluding hydrogens is 386 g/mol. The summed E-state index contributed by atoms with van der Waals surface area (Å²) in [4.78, 5) is 22.6. The van der Waals surface area contributed by atoms with Gasteiger partial charge >= 0.3 is 0 Å². The van der Waals surface area contributed by atoms with Crippen LogP contribution in [-0.4, -0.2) is 23.0 Å². The van der Waals surface area contributed by atoms with E-state index in [9.17, 15) is 4.79 Å². The van der Waals surface area contributed by atoms with Crippen molar-refractivity contribution in [3.05, 3.63) is 64.4 Å². The number of aromatic nitrogens is 2. The van der Waals surface area contributed by atoms with Gasteiger partial charge in [-0.1, -0.05) is 6.42 Å². The molecular formula is C22H23N3O3S. The molecule has 1 aromatic carbocycles. The number of pyridine rings is 1. The van der Waals surface area contributed by atoms with Crippen molar-refractivity contribution >= 4 is 22.4 Å². The third-order valence-corrected chi connectivity index (χ3v) is 5.96. The summed E-state index contributed by atoms with van der Waals surface area (Å²) in [6.07, 6.45) is 9.12. The molecule has 2 heterocycles. The number of hydrogen-bond donors (Lipinski definition) is 1. The van der Waals surface area contributed by atoms with Gasteiger partial charge in [-0.2, -0.15) is 0 Å². The van der Waals surface area contributed by atoms with Gasteiger partial charge in [0, 0.05) is 22.8 Å². The van der Waals surface area contributed by atoms with Gasteiger partial charge in [0.2, 0.25) is 0 Å². The Balaban J connectivity index is 1.44. The molecule has 0 saturated heterocycles. The molecule has 0 unspecified atom stereocenters. The summed E-state index contributed by atoms with van der Waals surface area (Å²) in [6.45, 7) is 0.398. The number of amides is 1. The van der Waals surface area contributed by atoms with Crippen LogP contribution in [0.2, 0.25) is 0 Å².